The van der Waals surface area contributed by atoms with Crippen molar-refractivity contribution in [1.29, 1.82) is 0 Å². The Morgan fingerprint density at radius 1 is 1.28 bits per heavy atom. The van der Waals surface area contributed by atoms with E-state index in [4.69, 9.17) is 9.32 Å². The summed E-state index contributed by atoms with van der Waals surface area (Å²) in [4.78, 5) is 22.4. The lowest BCUT2D eigenvalue weighted by atomic mass is 10.1. The van der Waals surface area contributed by atoms with Gasteiger partial charge in [0, 0.05) is 30.5 Å². The number of hydrogen-bond acceptors (Lipinski definition) is 8. The maximum Gasteiger partial charge on any atom is 0.333 e. The predicted octanol–water partition coefficient (Wildman–Crippen LogP) is 3.88. The van der Waals surface area contributed by atoms with E-state index in [0.29, 0.717) is 29.2 Å². The second-order valence-electron chi connectivity index (χ2n) is 9.24. The zero-order valence-corrected chi connectivity index (χ0v) is 21.4. The maximum atomic E-state index is 13.4. The second kappa shape index (κ2) is 10.1. The van der Waals surface area contributed by atoms with Crippen molar-refractivity contribution in [1.82, 2.24) is 14.5 Å². The van der Waals surface area contributed by atoms with Crippen LogP contribution in [0.15, 0.2) is 54.4 Å². The molecule has 5 rings (SSSR count). The predicted molar refractivity (Wildman–Crippen MR) is 139 cm³/mol. The molecule has 188 valence electrons. The summed E-state index contributed by atoms with van der Waals surface area (Å²) in [7, 11) is -3.95. The van der Waals surface area contributed by atoms with Crippen molar-refractivity contribution in [2.45, 2.75) is 38.8 Å². The van der Waals surface area contributed by atoms with E-state index in [2.05, 4.69) is 57.2 Å². The molecule has 3 N–H and O–H groups in total. The molecule has 1 aliphatic carbocycles. The molecule has 1 saturated carbocycles. The number of rotatable bonds is 9. The van der Waals surface area contributed by atoms with Crippen molar-refractivity contribution in [3.8, 4) is 0 Å². The van der Waals surface area contributed by atoms with E-state index in [0.717, 1.165) is 18.4 Å². The van der Waals surface area contributed by atoms with Crippen LogP contribution in [0.1, 0.15) is 45.6 Å². The van der Waals surface area contributed by atoms with Crippen molar-refractivity contribution in [3.63, 3.8) is 0 Å². The first-order chi connectivity index (χ1) is 17.2. The molecular formula is C25H27N5O4S2. The first kappa shape index (κ1) is 24.6. The molecule has 36 heavy (non-hydrogen) atoms. The van der Waals surface area contributed by atoms with Crippen molar-refractivity contribution >= 4 is 44.1 Å². The van der Waals surface area contributed by atoms with Crippen LogP contribution >= 0.6 is 11.3 Å². The van der Waals surface area contributed by atoms with Crippen LogP contribution in [0.2, 0.25) is 0 Å². The van der Waals surface area contributed by atoms with Crippen LogP contribution in [0.3, 0.4) is 0 Å². The summed E-state index contributed by atoms with van der Waals surface area (Å²) in [5, 5.41) is 11.5. The zero-order chi connectivity index (χ0) is 25.3. The van der Waals surface area contributed by atoms with Crippen LogP contribution < -0.4 is 10.5 Å². The number of fused-ring (bicyclic) bond motifs is 1. The smallest absolute Gasteiger partial charge is 0.333 e. The number of nitrogens with one attached hydrogen (secondary N) is 1. The van der Waals surface area contributed by atoms with Gasteiger partial charge in [0.05, 0.1) is 17.0 Å². The molecule has 9 nitrogen and oxygen atoms in total. The highest BCUT2D eigenvalue weighted by atomic mass is 32.2. The third kappa shape index (κ3) is 5.65. The van der Waals surface area contributed by atoms with Gasteiger partial charge in [-0.25, -0.2) is 15.1 Å². The van der Waals surface area contributed by atoms with E-state index < -0.39 is 10.3 Å². The summed E-state index contributed by atoms with van der Waals surface area (Å²) < 4.78 is 29.1. The van der Waals surface area contributed by atoms with E-state index in [-0.39, 0.29) is 24.3 Å². The molecule has 0 saturated heterocycles. The van der Waals surface area contributed by atoms with Gasteiger partial charge in [-0.3, -0.25) is 8.98 Å². The van der Waals surface area contributed by atoms with Gasteiger partial charge in [0.25, 0.3) is 0 Å². The lowest BCUT2D eigenvalue weighted by Crippen LogP contribution is -2.22. The van der Waals surface area contributed by atoms with Gasteiger partial charge in [0.15, 0.2) is 0 Å². The summed E-state index contributed by atoms with van der Waals surface area (Å²) >= 11 is 1.41. The van der Waals surface area contributed by atoms with Crippen LogP contribution in [0.4, 0.5) is 5.82 Å². The van der Waals surface area contributed by atoms with E-state index in [1.54, 1.807) is 0 Å². The fourth-order valence-electron chi connectivity index (χ4n) is 4.69. The molecule has 1 aromatic carbocycles. The van der Waals surface area contributed by atoms with Gasteiger partial charge in [-0.1, -0.05) is 12.1 Å². The Hall–Kier alpha value is -3.12. The van der Waals surface area contributed by atoms with E-state index >= 15 is 0 Å². The molecule has 0 bridgehead atoms. The zero-order valence-electron chi connectivity index (χ0n) is 19.8. The number of thiophene rings is 1. The summed E-state index contributed by atoms with van der Waals surface area (Å²) in [6.07, 6.45) is 7.32. The average molecular weight is 526 g/mol. The van der Waals surface area contributed by atoms with Crippen molar-refractivity contribution < 1.29 is 17.4 Å². The Kier molecular flexibility index (Phi) is 6.89. The molecule has 3 aromatic heterocycles. The third-order valence-electron chi connectivity index (χ3n) is 6.47. The molecule has 0 amide bonds. The standard InChI is InChI=1S/C25H27N5O4S2/c1-16-2-4-19-6-7-30(22(19)8-16)12-18-10-23(35-14-18)24(31)21-11-27-15-28-25(21)29-20-5-3-17(9-20)13-34-36(26,32)33/h2,4,6-8,10-11,14-15,17,20H,3,5,9,12-13H2,1H3,(H2,26,32,33)(H,27,28,29)/t17-,20+/m1/s1. The number of nitrogens with zero attached hydrogens (tertiary/aromatic N) is 3. The van der Waals surface area contributed by atoms with Crippen molar-refractivity contribution in [2.75, 3.05) is 11.9 Å². The summed E-state index contributed by atoms with van der Waals surface area (Å²) in [6.45, 7) is 2.81. The molecule has 0 aliphatic heterocycles. The Balaban J connectivity index is 1.27. The van der Waals surface area contributed by atoms with Gasteiger partial charge in [-0.05, 0) is 72.2 Å². The average Bonchev–Trinajstić information content (AvgIpc) is 3.58. The quantitative estimate of drug-likeness (QED) is 0.317. The topological polar surface area (TPSA) is 129 Å². The normalized spacial score (nSPS) is 18.1. The maximum absolute atomic E-state index is 13.4. The highest BCUT2D eigenvalue weighted by molar-refractivity contribution is 7.84. The highest BCUT2D eigenvalue weighted by Gasteiger charge is 2.28. The molecule has 1 fully saturated rings. The van der Waals surface area contributed by atoms with Gasteiger partial charge in [-0.15, -0.1) is 11.3 Å². The van der Waals surface area contributed by atoms with Crippen LogP contribution in [0.25, 0.3) is 10.9 Å². The number of aromatic nitrogens is 3. The minimum absolute atomic E-state index is 0.0462. The molecule has 1 aliphatic rings. The van der Waals surface area contributed by atoms with Gasteiger partial charge in [0.1, 0.15) is 12.1 Å². The van der Waals surface area contributed by atoms with E-state index in [9.17, 15) is 13.2 Å². The lowest BCUT2D eigenvalue weighted by molar-refractivity contribution is 0.104. The fourth-order valence-corrected chi connectivity index (χ4v) is 5.93. The molecule has 0 radical (unpaired) electrons. The number of carbonyl (C=O) groups is 1. The molecule has 2 atom stereocenters. The van der Waals surface area contributed by atoms with Crippen LogP contribution in [0.5, 0.6) is 0 Å². The Bertz CT molecular complexity index is 1510. The number of carbonyl (C=O) groups excluding carboxylic acids is 1. The number of aryl methyl sites for hydroxylation is 1. The van der Waals surface area contributed by atoms with E-state index in [1.807, 2.05) is 11.4 Å². The largest absolute Gasteiger partial charge is 0.367 e. The molecule has 11 heteroatoms. The first-order valence-corrected chi connectivity index (χ1v) is 14.0. The van der Waals surface area contributed by atoms with Gasteiger partial charge < -0.3 is 9.88 Å². The lowest BCUT2D eigenvalue weighted by Gasteiger charge is -2.15. The molecule has 4 aromatic rings. The monoisotopic (exact) mass is 525 g/mol. The SMILES string of the molecule is Cc1ccc2ccn(Cc3csc(C(=O)c4cncnc4N[C@H]4CC[C@@H](COS(N)(=O)=O)C4)c3)c2c1. The minimum atomic E-state index is -3.95. The van der Waals surface area contributed by atoms with E-state index in [1.165, 1.54) is 40.3 Å². The summed E-state index contributed by atoms with van der Waals surface area (Å²) in [6, 6.07) is 10.5. The van der Waals surface area contributed by atoms with Gasteiger partial charge >= 0.3 is 10.3 Å². The van der Waals surface area contributed by atoms with Crippen LogP contribution in [0, 0.1) is 12.8 Å². The molecule has 0 spiro atoms. The molecule has 0 unspecified atom stereocenters. The number of benzene rings is 1. The number of nitrogens with two attached hydrogens (primary N) is 1. The Morgan fingerprint density at radius 2 is 2.14 bits per heavy atom. The molecular weight excluding hydrogens is 498 g/mol. The Labute approximate surface area is 213 Å². The summed E-state index contributed by atoms with van der Waals surface area (Å²) in [5.41, 5.74) is 3.85. The fraction of sp³-hybridized carbons (Fsp3) is 0.320. The minimum Gasteiger partial charge on any atom is -0.367 e. The van der Waals surface area contributed by atoms with Crippen LogP contribution in [-0.2, 0) is 21.0 Å². The second-order valence-corrected chi connectivity index (χ2v) is 11.4. The highest BCUT2D eigenvalue weighted by Crippen LogP contribution is 2.30. The number of hydrogen-bond donors (Lipinski definition) is 2. The number of ketones is 1. The van der Waals surface area contributed by atoms with Crippen molar-refractivity contribution in [3.05, 3.63) is 76.0 Å². The third-order valence-corrected chi connectivity index (χ3v) is 7.91. The first-order valence-electron chi connectivity index (χ1n) is 11.7. The Morgan fingerprint density at radius 3 is 2.97 bits per heavy atom. The van der Waals surface area contributed by atoms with Gasteiger partial charge in [-0.2, -0.15) is 8.42 Å². The van der Waals surface area contributed by atoms with Crippen molar-refractivity contribution in [2.24, 2.45) is 11.1 Å². The molecule has 3 heterocycles. The number of anilines is 1. The van der Waals surface area contributed by atoms with Crippen LogP contribution in [-0.4, -0.2) is 41.4 Å². The summed E-state index contributed by atoms with van der Waals surface area (Å²) in [5.74, 6) is 0.416. The van der Waals surface area contributed by atoms with Gasteiger partial charge in [0.2, 0.25) is 5.78 Å².